The van der Waals surface area contributed by atoms with Crippen molar-refractivity contribution in [2.45, 2.75) is 6.92 Å². The highest BCUT2D eigenvalue weighted by atomic mass is 79.9. The first-order valence-corrected chi connectivity index (χ1v) is 9.11. The van der Waals surface area contributed by atoms with Crippen LogP contribution in [0.5, 0.6) is 5.75 Å². The van der Waals surface area contributed by atoms with Crippen LogP contribution in [0.2, 0.25) is 0 Å². The van der Waals surface area contributed by atoms with Crippen LogP contribution in [-0.2, 0) is 0 Å². The fourth-order valence-electron chi connectivity index (χ4n) is 2.58. The molecule has 3 aromatic rings. The van der Waals surface area contributed by atoms with E-state index in [-0.39, 0.29) is 5.91 Å². The Morgan fingerprint density at radius 2 is 1.92 bits per heavy atom. The van der Waals surface area contributed by atoms with Crippen molar-refractivity contribution in [3.63, 3.8) is 0 Å². The Kier molecular flexibility index (Phi) is 5.64. The van der Waals surface area contributed by atoms with Gasteiger partial charge in [-0.15, -0.1) is 0 Å². The van der Waals surface area contributed by atoms with Gasteiger partial charge in [0.1, 0.15) is 17.9 Å². The second-order valence-electron chi connectivity index (χ2n) is 6.33. The predicted molar refractivity (Wildman–Crippen MR) is 107 cm³/mol. The van der Waals surface area contributed by atoms with Gasteiger partial charge in [-0.2, -0.15) is 0 Å². The average molecular weight is 417 g/mol. The lowest BCUT2D eigenvalue weighted by Crippen LogP contribution is -2.19. The van der Waals surface area contributed by atoms with Crippen LogP contribution in [0.3, 0.4) is 0 Å². The lowest BCUT2D eigenvalue weighted by atomic mass is 10.1. The third kappa shape index (κ3) is 4.26. The minimum Gasteiger partial charge on any atom is -0.492 e. The molecule has 26 heavy (non-hydrogen) atoms. The lowest BCUT2D eigenvalue weighted by molar-refractivity contribution is 0.0998. The minimum absolute atomic E-state index is 0.268. The third-order valence-corrected chi connectivity index (χ3v) is 4.52. The van der Waals surface area contributed by atoms with Gasteiger partial charge >= 0.3 is 0 Å². The predicted octanol–water partition coefficient (Wildman–Crippen LogP) is 4.70. The first-order chi connectivity index (χ1) is 12.4. The Morgan fingerprint density at radius 3 is 2.62 bits per heavy atom. The molecule has 1 amide bonds. The van der Waals surface area contributed by atoms with Crippen molar-refractivity contribution < 1.29 is 13.9 Å². The Hall–Kier alpha value is -2.31. The maximum absolute atomic E-state index is 12.6. The number of rotatable bonds is 6. The van der Waals surface area contributed by atoms with Gasteiger partial charge in [0.05, 0.1) is 0 Å². The van der Waals surface area contributed by atoms with Gasteiger partial charge in [0.2, 0.25) is 0 Å². The smallest absolute Gasteiger partial charge is 0.291 e. The van der Waals surface area contributed by atoms with Crippen LogP contribution in [0.25, 0.3) is 11.0 Å². The molecule has 0 fully saturated rings. The van der Waals surface area contributed by atoms with E-state index in [0.717, 1.165) is 27.7 Å². The quantitative estimate of drug-likeness (QED) is 0.632. The molecular formula is C20H21BrN2O3. The van der Waals surface area contributed by atoms with Gasteiger partial charge in [0, 0.05) is 27.7 Å². The third-order valence-electron chi connectivity index (χ3n) is 4.02. The van der Waals surface area contributed by atoms with Crippen LogP contribution < -0.4 is 10.1 Å². The number of nitrogens with zero attached hydrogens (tertiary/aromatic N) is 1. The van der Waals surface area contributed by atoms with Crippen molar-refractivity contribution in [1.29, 1.82) is 0 Å². The maximum Gasteiger partial charge on any atom is 0.291 e. The highest BCUT2D eigenvalue weighted by molar-refractivity contribution is 9.10. The summed E-state index contributed by atoms with van der Waals surface area (Å²) in [7, 11) is 4.00. The molecule has 1 aromatic heterocycles. The number of hydrogen-bond donors (Lipinski definition) is 1. The van der Waals surface area contributed by atoms with Crippen molar-refractivity contribution >= 4 is 38.5 Å². The molecule has 1 N–H and O–H groups in total. The lowest BCUT2D eigenvalue weighted by Gasteiger charge is -2.11. The Labute approximate surface area is 161 Å². The summed E-state index contributed by atoms with van der Waals surface area (Å²) in [6.07, 6.45) is 0. The number of hydrogen-bond acceptors (Lipinski definition) is 4. The number of carbonyl (C=O) groups is 1. The maximum atomic E-state index is 12.6. The number of furan rings is 1. The van der Waals surface area contributed by atoms with Crippen LogP contribution in [0, 0.1) is 6.92 Å². The van der Waals surface area contributed by atoms with Gasteiger partial charge < -0.3 is 19.4 Å². The Morgan fingerprint density at radius 1 is 1.19 bits per heavy atom. The molecule has 0 saturated carbocycles. The van der Waals surface area contributed by atoms with E-state index in [1.54, 1.807) is 0 Å². The van der Waals surface area contributed by atoms with Gasteiger partial charge in [0.15, 0.2) is 5.76 Å². The molecule has 0 aliphatic rings. The summed E-state index contributed by atoms with van der Waals surface area (Å²) in [4.78, 5) is 14.6. The molecule has 3 rings (SSSR count). The fraction of sp³-hybridized carbons (Fsp3) is 0.250. The zero-order chi connectivity index (χ0) is 18.7. The monoisotopic (exact) mass is 416 g/mol. The molecule has 6 heteroatoms. The van der Waals surface area contributed by atoms with Crippen molar-refractivity contribution in [3.8, 4) is 5.75 Å². The summed E-state index contributed by atoms with van der Waals surface area (Å²) in [5.41, 5.74) is 2.21. The number of likely N-dealkylation sites (N-methyl/N-ethyl adjacent to an activating group) is 1. The van der Waals surface area contributed by atoms with E-state index in [2.05, 4.69) is 26.1 Å². The van der Waals surface area contributed by atoms with Crippen LogP contribution in [0.4, 0.5) is 5.69 Å². The molecule has 0 atom stereocenters. The number of fused-ring (bicyclic) bond motifs is 1. The van der Waals surface area contributed by atoms with E-state index in [0.29, 0.717) is 23.6 Å². The number of nitrogens with one attached hydrogen (secondary N) is 1. The molecule has 0 spiro atoms. The molecule has 0 bridgehead atoms. The number of benzene rings is 2. The molecule has 0 radical (unpaired) electrons. The van der Waals surface area contributed by atoms with E-state index in [1.807, 2.05) is 63.5 Å². The van der Waals surface area contributed by atoms with Crippen LogP contribution in [0.1, 0.15) is 16.1 Å². The van der Waals surface area contributed by atoms with Crippen LogP contribution in [0.15, 0.2) is 51.4 Å². The topological polar surface area (TPSA) is 54.7 Å². The molecule has 2 aromatic carbocycles. The number of carbonyl (C=O) groups excluding carboxylic acids is 1. The van der Waals surface area contributed by atoms with E-state index in [1.165, 1.54) is 0 Å². The van der Waals surface area contributed by atoms with Crippen LogP contribution in [-0.4, -0.2) is 38.1 Å². The molecule has 136 valence electrons. The van der Waals surface area contributed by atoms with Crippen molar-refractivity contribution in [2.75, 3.05) is 32.6 Å². The number of halogens is 1. The van der Waals surface area contributed by atoms with Gasteiger partial charge in [-0.05, 0) is 63.5 Å². The van der Waals surface area contributed by atoms with Crippen molar-refractivity contribution in [3.05, 3.63) is 58.3 Å². The number of ether oxygens (including phenoxy) is 1. The summed E-state index contributed by atoms with van der Waals surface area (Å²) in [5.74, 6) is 0.829. The summed E-state index contributed by atoms with van der Waals surface area (Å²) >= 11 is 3.44. The number of amides is 1. The fourth-order valence-corrected chi connectivity index (χ4v) is 2.94. The van der Waals surface area contributed by atoms with Gasteiger partial charge in [-0.1, -0.05) is 15.9 Å². The molecule has 0 aliphatic heterocycles. The number of aryl methyl sites for hydroxylation is 1. The minimum atomic E-state index is -0.268. The average Bonchev–Trinajstić information content (AvgIpc) is 2.93. The standard InChI is InChI=1S/C20H21BrN2O3/c1-13-17-12-14(21)4-9-18(17)26-19(13)20(24)22-15-5-7-16(8-6-15)25-11-10-23(2)3/h4-9,12H,10-11H2,1-3H3,(H,22,24). The van der Waals surface area contributed by atoms with E-state index in [4.69, 9.17) is 9.15 Å². The molecule has 1 heterocycles. The SMILES string of the molecule is Cc1c(C(=O)Nc2ccc(OCCN(C)C)cc2)oc2ccc(Br)cc12. The van der Waals surface area contributed by atoms with Gasteiger partial charge in [-0.25, -0.2) is 0 Å². The zero-order valence-electron chi connectivity index (χ0n) is 15.0. The summed E-state index contributed by atoms with van der Waals surface area (Å²) < 4.78 is 12.3. The molecule has 0 saturated heterocycles. The summed E-state index contributed by atoms with van der Waals surface area (Å²) in [5, 5.41) is 3.79. The van der Waals surface area contributed by atoms with Gasteiger partial charge in [-0.3, -0.25) is 4.79 Å². The number of anilines is 1. The normalized spacial score (nSPS) is 11.1. The second kappa shape index (κ2) is 7.93. The summed E-state index contributed by atoms with van der Waals surface area (Å²) in [6.45, 7) is 3.35. The highest BCUT2D eigenvalue weighted by Gasteiger charge is 2.18. The first-order valence-electron chi connectivity index (χ1n) is 8.31. The van der Waals surface area contributed by atoms with Crippen LogP contribution >= 0.6 is 15.9 Å². The van der Waals surface area contributed by atoms with Crippen molar-refractivity contribution in [2.24, 2.45) is 0 Å². The second-order valence-corrected chi connectivity index (χ2v) is 7.24. The Bertz CT molecular complexity index is 917. The molecule has 0 aliphatic carbocycles. The summed E-state index contributed by atoms with van der Waals surface area (Å²) in [6, 6.07) is 13.0. The van der Waals surface area contributed by atoms with Crippen molar-refractivity contribution in [1.82, 2.24) is 4.90 Å². The largest absolute Gasteiger partial charge is 0.492 e. The molecular weight excluding hydrogens is 396 g/mol. The first kappa shape index (κ1) is 18.5. The van der Waals surface area contributed by atoms with Gasteiger partial charge in [0.25, 0.3) is 5.91 Å². The van der Waals surface area contributed by atoms with E-state index < -0.39 is 0 Å². The van der Waals surface area contributed by atoms with E-state index >= 15 is 0 Å². The van der Waals surface area contributed by atoms with E-state index in [9.17, 15) is 4.79 Å². The Balaban J connectivity index is 1.69. The molecule has 5 nitrogen and oxygen atoms in total. The molecule has 0 unspecified atom stereocenters. The zero-order valence-corrected chi connectivity index (χ0v) is 16.6. The highest BCUT2D eigenvalue weighted by Crippen LogP contribution is 2.28.